The Morgan fingerprint density at radius 1 is 0.625 bits per heavy atom. The standard InChI is InChI=1S/C14H30ClN/c1-16(2)14-12-10-8-6-4-3-5-7-9-11-13-15/h3-14H2,1-2H3. The summed E-state index contributed by atoms with van der Waals surface area (Å²) < 4.78 is 0. The fraction of sp³-hybridized carbons (Fsp3) is 1.00. The van der Waals surface area contributed by atoms with Gasteiger partial charge in [-0.25, -0.2) is 0 Å². The van der Waals surface area contributed by atoms with Crippen LogP contribution >= 0.6 is 11.6 Å². The molecule has 1 nitrogen and oxygen atoms in total. The molecular weight excluding hydrogens is 218 g/mol. The molecule has 0 bridgehead atoms. The average molecular weight is 248 g/mol. The summed E-state index contributed by atoms with van der Waals surface area (Å²) in [5.41, 5.74) is 0. The fourth-order valence-corrected chi connectivity index (χ4v) is 2.13. The van der Waals surface area contributed by atoms with E-state index in [0.717, 1.165) is 5.88 Å². The van der Waals surface area contributed by atoms with Crippen LogP contribution in [0.5, 0.6) is 0 Å². The Bertz CT molecular complexity index is 126. The van der Waals surface area contributed by atoms with Crippen molar-refractivity contribution in [2.24, 2.45) is 0 Å². The van der Waals surface area contributed by atoms with Gasteiger partial charge in [-0.1, -0.05) is 51.4 Å². The first-order valence-electron chi connectivity index (χ1n) is 6.98. The molecule has 0 heterocycles. The van der Waals surface area contributed by atoms with Crippen LogP contribution in [0, 0.1) is 0 Å². The quantitative estimate of drug-likeness (QED) is 0.357. The number of rotatable bonds is 12. The zero-order valence-corrected chi connectivity index (χ0v) is 12.1. The van der Waals surface area contributed by atoms with Crippen LogP contribution in [0.15, 0.2) is 0 Å². The molecule has 0 aliphatic heterocycles. The molecule has 16 heavy (non-hydrogen) atoms. The smallest absolute Gasteiger partial charge is 0.0223 e. The number of alkyl halides is 1. The lowest BCUT2D eigenvalue weighted by Gasteiger charge is -2.08. The van der Waals surface area contributed by atoms with E-state index in [1.54, 1.807) is 0 Å². The summed E-state index contributed by atoms with van der Waals surface area (Å²) in [6.45, 7) is 1.25. The normalized spacial score (nSPS) is 11.2. The summed E-state index contributed by atoms with van der Waals surface area (Å²) >= 11 is 5.63. The van der Waals surface area contributed by atoms with Crippen molar-refractivity contribution < 1.29 is 0 Å². The van der Waals surface area contributed by atoms with Gasteiger partial charge in [-0.2, -0.15) is 0 Å². The van der Waals surface area contributed by atoms with Gasteiger partial charge < -0.3 is 4.90 Å². The van der Waals surface area contributed by atoms with Crippen LogP contribution in [0.1, 0.15) is 64.2 Å². The van der Waals surface area contributed by atoms with Gasteiger partial charge in [0.15, 0.2) is 0 Å². The van der Waals surface area contributed by atoms with Gasteiger partial charge in [0.05, 0.1) is 0 Å². The van der Waals surface area contributed by atoms with Gasteiger partial charge in [-0.05, 0) is 33.5 Å². The maximum absolute atomic E-state index is 5.63. The minimum atomic E-state index is 0.839. The Labute approximate surface area is 108 Å². The molecule has 0 aromatic heterocycles. The van der Waals surface area contributed by atoms with E-state index in [-0.39, 0.29) is 0 Å². The van der Waals surface area contributed by atoms with Crippen molar-refractivity contribution in [1.29, 1.82) is 0 Å². The van der Waals surface area contributed by atoms with Crippen LogP contribution < -0.4 is 0 Å². The van der Waals surface area contributed by atoms with E-state index in [1.807, 2.05) is 0 Å². The molecule has 2 heteroatoms. The highest BCUT2D eigenvalue weighted by molar-refractivity contribution is 6.17. The molecule has 0 rings (SSSR count). The lowest BCUT2D eigenvalue weighted by molar-refractivity contribution is 0.389. The van der Waals surface area contributed by atoms with E-state index < -0.39 is 0 Å². The van der Waals surface area contributed by atoms with E-state index in [1.165, 1.54) is 70.8 Å². The highest BCUT2D eigenvalue weighted by atomic mass is 35.5. The molecule has 0 spiro atoms. The van der Waals surface area contributed by atoms with E-state index >= 15 is 0 Å². The van der Waals surface area contributed by atoms with Crippen LogP contribution in [0.3, 0.4) is 0 Å². The van der Waals surface area contributed by atoms with Crippen molar-refractivity contribution in [3.8, 4) is 0 Å². The van der Waals surface area contributed by atoms with E-state index in [0.29, 0.717) is 0 Å². The zero-order chi connectivity index (χ0) is 12.1. The lowest BCUT2D eigenvalue weighted by Crippen LogP contribution is -2.12. The average Bonchev–Trinajstić information content (AvgIpc) is 2.25. The Morgan fingerprint density at radius 2 is 1.00 bits per heavy atom. The summed E-state index contributed by atoms with van der Waals surface area (Å²) in [4.78, 5) is 2.27. The zero-order valence-electron chi connectivity index (χ0n) is 11.3. The fourth-order valence-electron chi connectivity index (χ4n) is 1.94. The van der Waals surface area contributed by atoms with Crippen molar-refractivity contribution in [1.82, 2.24) is 4.90 Å². The van der Waals surface area contributed by atoms with Gasteiger partial charge in [0.25, 0.3) is 0 Å². The Balaban J connectivity index is 2.88. The van der Waals surface area contributed by atoms with Crippen LogP contribution in [0.25, 0.3) is 0 Å². The third kappa shape index (κ3) is 14.2. The molecule has 0 aliphatic rings. The van der Waals surface area contributed by atoms with E-state index in [2.05, 4.69) is 19.0 Å². The van der Waals surface area contributed by atoms with Crippen LogP contribution in [0.4, 0.5) is 0 Å². The molecule has 0 saturated heterocycles. The molecular formula is C14H30ClN. The van der Waals surface area contributed by atoms with Gasteiger partial charge in [0.1, 0.15) is 0 Å². The van der Waals surface area contributed by atoms with Crippen LogP contribution in [-0.2, 0) is 0 Å². The maximum atomic E-state index is 5.63. The Hall–Kier alpha value is 0.250. The Morgan fingerprint density at radius 3 is 1.38 bits per heavy atom. The van der Waals surface area contributed by atoms with Gasteiger partial charge >= 0.3 is 0 Å². The van der Waals surface area contributed by atoms with Crippen LogP contribution in [0.2, 0.25) is 0 Å². The first-order valence-corrected chi connectivity index (χ1v) is 7.51. The third-order valence-electron chi connectivity index (χ3n) is 2.99. The highest BCUT2D eigenvalue weighted by Gasteiger charge is 1.93. The molecule has 0 unspecified atom stereocenters. The maximum Gasteiger partial charge on any atom is 0.0223 e. The topological polar surface area (TPSA) is 3.24 Å². The summed E-state index contributed by atoms with van der Waals surface area (Å²) in [7, 11) is 4.31. The van der Waals surface area contributed by atoms with Crippen molar-refractivity contribution in [3.05, 3.63) is 0 Å². The Kier molecular flexibility index (Phi) is 13.5. The van der Waals surface area contributed by atoms with Crippen molar-refractivity contribution in [2.75, 3.05) is 26.5 Å². The summed E-state index contributed by atoms with van der Waals surface area (Å²) in [6.07, 6.45) is 13.8. The molecule has 0 aliphatic carbocycles. The monoisotopic (exact) mass is 247 g/mol. The highest BCUT2D eigenvalue weighted by Crippen LogP contribution is 2.10. The number of unbranched alkanes of at least 4 members (excludes halogenated alkanes) is 9. The van der Waals surface area contributed by atoms with Crippen LogP contribution in [-0.4, -0.2) is 31.4 Å². The molecule has 0 atom stereocenters. The van der Waals surface area contributed by atoms with Crippen molar-refractivity contribution >= 4 is 11.6 Å². The molecule has 98 valence electrons. The van der Waals surface area contributed by atoms with Gasteiger partial charge in [-0.15, -0.1) is 11.6 Å². The minimum absolute atomic E-state index is 0.839. The van der Waals surface area contributed by atoms with E-state index in [4.69, 9.17) is 11.6 Å². The number of nitrogens with zero attached hydrogens (tertiary/aromatic N) is 1. The number of hydrogen-bond acceptors (Lipinski definition) is 1. The first kappa shape index (κ1) is 16.2. The SMILES string of the molecule is CN(C)CCCCCCCCCCCCCl. The molecule has 0 fully saturated rings. The second-order valence-electron chi connectivity index (χ2n) is 5.03. The summed E-state index contributed by atoms with van der Waals surface area (Å²) in [6, 6.07) is 0. The second kappa shape index (κ2) is 13.3. The largest absolute Gasteiger partial charge is 0.309 e. The van der Waals surface area contributed by atoms with Gasteiger partial charge in [0.2, 0.25) is 0 Å². The van der Waals surface area contributed by atoms with Crippen molar-refractivity contribution in [2.45, 2.75) is 64.2 Å². The summed E-state index contributed by atoms with van der Waals surface area (Å²) in [5.74, 6) is 0.839. The third-order valence-corrected chi connectivity index (χ3v) is 3.26. The molecule has 0 radical (unpaired) electrons. The van der Waals surface area contributed by atoms with Gasteiger partial charge in [0, 0.05) is 5.88 Å². The molecule has 0 N–H and O–H groups in total. The second-order valence-corrected chi connectivity index (χ2v) is 5.41. The number of hydrogen-bond donors (Lipinski definition) is 0. The number of halogens is 1. The lowest BCUT2D eigenvalue weighted by atomic mass is 10.1. The van der Waals surface area contributed by atoms with Crippen molar-refractivity contribution in [3.63, 3.8) is 0 Å². The molecule has 0 saturated carbocycles. The predicted octanol–water partition coefficient (Wildman–Crippen LogP) is 4.69. The summed E-state index contributed by atoms with van der Waals surface area (Å²) in [5, 5.41) is 0. The first-order chi connectivity index (χ1) is 7.77. The van der Waals surface area contributed by atoms with E-state index in [9.17, 15) is 0 Å². The predicted molar refractivity (Wildman–Crippen MR) is 75.4 cm³/mol. The molecule has 0 amide bonds. The molecule has 0 aromatic rings. The molecule has 0 aromatic carbocycles. The van der Waals surface area contributed by atoms with Gasteiger partial charge in [-0.3, -0.25) is 0 Å². The minimum Gasteiger partial charge on any atom is -0.309 e.